The van der Waals surface area contributed by atoms with Crippen molar-refractivity contribution in [2.24, 2.45) is 0 Å². The van der Waals surface area contributed by atoms with Crippen molar-refractivity contribution in [3.63, 3.8) is 0 Å². The average Bonchev–Trinajstić information content (AvgIpc) is 2.70. The lowest BCUT2D eigenvalue weighted by molar-refractivity contribution is 0.103. The Morgan fingerprint density at radius 3 is 2.79 bits per heavy atom. The van der Waals surface area contributed by atoms with Crippen molar-refractivity contribution in [1.82, 2.24) is 9.59 Å². The number of carbonyl (C=O) groups is 1. The van der Waals surface area contributed by atoms with E-state index < -0.39 is 5.82 Å². The highest BCUT2D eigenvalue weighted by molar-refractivity contribution is 7.08. The van der Waals surface area contributed by atoms with Crippen molar-refractivity contribution >= 4 is 17.3 Å². The maximum Gasteiger partial charge on any atom is 0.209 e. The van der Waals surface area contributed by atoms with Gasteiger partial charge in [-0.05, 0) is 23.7 Å². The Bertz CT molecular complexity index is 456. The van der Waals surface area contributed by atoms with Gasteiger partial charge in [0.25, 0.3) is 0 Å². The lowest BCUT2D eigenvalue weighted by Crippen LogP contribution is -2.01. The minimum absolute atomic E-state index is 0.0542. The Labute approximate surface area is 83.4 Å². The number of hydrogen-bond donors (Lipinski definition) is 0. The van der Waals surface area contributed by atoms with Crippen molar-refractivity contribution in [2.45, 2.75) is 0 Å². The van der Waals surface area contributed by atoms with E-state index in [1.54, 1.807) is 6.07 Å². The van der Waals surface area contributed by atoms with Crippen LogP contribution in [0.4, 0.5) is 4.39 Å². The molecule has 0 aliphatic carbocycles. The number of hydrogen-bond acceptors (Lipinski definition) is 4. The van der Waals surface area contributed by atoms with E-state index in [0.717, 1.165) is 11.5 Å². The fraction of sp³-hybridized carbons (Fsp3) is 0. The first-order valence-corrected chi connectivity index (χ1v) is 4.63. The quantitative estimate of drug-likeness (QED) is 0.708. The van der Waals surface area contributed by atoms with Crippen LogP contribution in [0, 0.1) is 5.82 Å². The molecule has 0 saturated heterocycles. The fourth-order valence-electron chi connectivity index (χ4n) is 1.05. The van der Waals surface area contributed by atoms with Crippen LogP contribution in [0.2, 0.25) is 0 Å². The van der Waals surface area contributed by atoms with Gasteiger partial charge in [-0.2, -0.15) is 0 Å². The van der Waals surface area contributed by atoms with Crippen LogP contribution < -0.4 is 0 Å². The molecule has 0 amide bonds. The smallest absolute Gasteiger partial charge is 0.209 e. The summed E-state index contributed by atoms with van der Waals surface area (Å²) in [6, 6.07) is 5.85. The molecule has 1 aromatic carbocycles. The van der Waals surface area contributed by atoms with Gasteiger partial charge in [-0.15, -0.1) is 5.10 Å². The molecule has 0 spiro atoms. The van der Waals surface area contributed by atoms with Crippen LogP contribution >= 0.6 is 11.5 Å². The summed E-state index contributed by atoms with van der Waals surface area (Å²) in [4.78, 5) is 12.0. The van der Waals surface area contributed by atoms with Gasteiger partial charge in [0.15, 0.2) is 0 Å². The summed E-state index contributed by atoms with van der Waals surface area (Å²) in [7, 11) is 0. The normalized spacial score (nSPS) is 10.1. The summed E-state index contributed by atoms with van der Waals surface area (Å²) >= 11 is 0.957. The van der Waals surface area contributed by atoms with Crippen molar-refractivity contribution in [2.75, 3.05) is 0 Å². The lowest BCUT2D eigenvalue weighted by atomic mass is 10.1. The van der Waals surface area contributed by atoms with Crippen LogP contribution in [0.5, 0.6) is 0 Å². The highest BCUT2D eigenvalue weighted by atomic mass is 32.1. The van der Waals surface area contributed by atoms with Gasteiger partial charge in [-0.1, -0.05) is 16.6 Å². The minimum atomic E-state index is -0.522. The van der Waals surface area contributed by atoms with Crippen LogP contribution in [0.15, 0.2) is 30.5 Å². The third kappa shape index (κ3) is 1.54. The molecular formula is C9H5FN2OS. The van der Waals surface area contributed by atoms with Crippen molar-refractivity contribution in [3.05, 3.63) is 46.7 Å². The second-order valence-corrected chi connectivity index (χ2v) is 3.38. The number of nitrogens with zero attached hydrogens (tertiary/aromatic N) is 2. The van der Waals surface area contributed by atoms with E-state index in [-0.39, 0.29) is 11.3 Å². The number of carbonyl (C=O) groups excluding carboxylic acids is 1. The predicted molar refractivity (Wildman–Crippen MR) is 49.7 cm³/mol. The zero-order valence-corrected chi connectivity index (χ0v) is 7.79. The molecule has 0 unspecified atom stereocenters. The highest BCUT2D eigenvalue weighted by Crippen LogP contribution is 2.14. The lowest BCUT2D eigenvalue weighted by Gasteiger charge is -1.97. The van der Waals surface area contributed by atoms with Crippen molar-refractivity contribution in [3.8, 4) is 0 Å². The summed E-state index contributed by atoms with van der Waals surface area (Å²) in [5.74, 6) is -0.899. The molecule has 0 saturated carbocycles. The van der Waals surface area contributed by atoms with Gasteiger partial charge < -0.3 is 0 Å². The third-order valence-electron chi connectivity index (χ3n) is 1.70. The summed E-state index contributed by atoms with van der Waals surface area (Å²) in [6.45, 7) is 0. The van der Waals surface area contributed by atoms with E-state index in [1.165, 1.54) is 24.4 Å². The van der Waals surface area contributed by atoms with Crippen LogP contribution in [0.1, 0.15) is 15.2 Å². The first-order chi connectivity index (χ1) is 6.79. The first kappa shape index (κ1) is 8.96. The van der Waals surface area contributed by atoms with Gasteiger partial charge in [0.05, 0.1) is 11.8 Å². The second-order valence-electron chi connectivity index (χ2n) is 2.59. The predicted octanol–water partition coefficient (Wildman–Crippen LogP) is 1.91. The third-order valence-corrected chi connectivity index (χ3v) is 2.37. The molecule has 2 rings (SSSR count). The van der Waals surface area contributed by atoms with E-state index in [1.807, 2.05) is 0 Å². The van der Waals surface area contributed by atoms with E-state index in [2.05, 4.69) is 9.59 Å². The molecule has 0 N–H and O–H groups in total. The zero-order chi connectivity index (χ0) is 9.97. The zero-order valence-electron chi connectivity index (χ0n) is 6.98. The van der Waals surface area contributed by atoms with Gasteiger partial charge in [-0.25, -0.2) is 4.39 Å². The fourth-order valence-corrected chi connectivity index (χ4v) is 1.51. The molecule has 0 aliphatic rings. The molecule has 0 bridgehead atoms. The van der Waals surface area contributed by atoms with E-state index in [4.69, 9.17) is 0 Å². The highest BCUT2D eigenvalue weighted by Gasteiger charge is 2.14. The Kier molecular flexibility index (Phi) is 2.32. The number of benzene rings is 1. The second kappa shape index (κ2) is 3.63. The Hall–Kier alpha value is -1.62. The molecule has 2 aromatic rings. The molecule has 3 nitrogen and oxygen atoms in total. The summed E-state index contributed by atoms with van der Waals surface area (Å²) < 4.78 is 16.7. The van der Waals surface area contributed by atoms with Crippen molar-refractivity contribution < 1.29 is 9.18 Å². The van der Waals surface area contributed by atoms with Gasteiger partial charge in [0.1, 0.15) is 10.7 Å². The number of aromatic nitrogens is 2. The number of halogens is 1. The van der Waals surface area contributed by atoms with Crippen LogP contribution in [-0.4, -0.2) is 15.4 Å². The monoisotopic (exact) mass is 208 g/mol. The minimum Gasteiger partial charge on any atom is -0.287 e. The molecule has 1 aromatic heterocycles. The standard InChI is InChI=1S/C9H5FN2OS/c10-7-4-2-1-3-6(7)9(13)8-5-11-12-14-8/h1-5H. The molecule has 5 heteroatoms. The summed E-state index contributed by atoms with van der Waals surface area (Å²) in [5.41, 5.74) is 0.0542. The summed E-state index contributed by atoms with van der Waals surface area (Å²) in [6.07, 6.45) is 1.33. The number of rotatable bonds is 2. The average molecular weight is 208 g/mol. The molecule has 0 radical (unpaired) electrons. The number of ketones is 1. The first-order valence-electron chi connectivity index (χ1n) is 3.85. The van der Waals surface area contributed by atoms with Gasteiger partial charge in [-0.3, -0.25) is 4.79 Å². The van der Waals surface area contributed by atoms with E-state index in [0.29, 0.717) is 4.88 Å². The molecule has 1 heterocycles. The molecular weight excluding hydrogens is 203 g/mol. The Morgan fingerprint density at radius 2 is 2.14 bits per heavy atom. The molecule has 70 valence electrons. The van der Waals surface area contributed by atoms with Gasteiger partial charge >= 0.3 is 0 Å². The largest absolute Gasteiger partial charge is 0.287 e. The van der Waals surface area contributed by atoms with Crippen LogP contribution in [0.3, 0.4) is 0 Å². The Morgan fingerprint density at radius 1 is 1.36 bits per heavy atom. The van der Waals surface area contributed by atoms with Gasteiger partial charge in [0, 0.05) is 0 Å². The molecule has 14 heavy (non-hydrogen) atoms. The molecule has 0 aliphatic heterocycles. The van der Waals surface area contributed by atoms with Crippen LogP contribution in [0.25, 0.3) is 0 Å². The van der Waals surface area contributed by atoms with Crippen LogP contribution in [-0.2, 0) is 0 Å². The topological polar surface area (TPSA) is 42.9 Å². The summed E-state index contributed by atoms with van der Waals surface area (Å²) in [5, 5.41) is 3.52. The molecule has 0 atom stereocenters. The van der Waals surface area contributed by atoms with E-state index >= 15 is 0 Å². The maximum absolute atomic E-state index is 13.2. The van der Waals surface area contributed by atoms with Crippen molar-refractivity contribution in [1.29, 1.82) is 0 Å². The Balaban J connectivity index is 2.42. The van der Waals surface area contributed by atoms with Gasteiger partial charge in [0.2, 0.25) is 5.78 Å². The maximum atomic E-state index is 13.2. The SMILES string of the molecule is O=C(c1cnns1)c1ccccc1F. The van der Waals surface area contributed by atoms with E-state index in [9.17, 15) is 9.18 Å². The molecule has 0 fully saturated rings.